The lowest BCUT2D eigenvalue weighted by atomic mass is 9.92. The van der Waals surface area contributed by atoms with Gasteiger partial charge in [0.1, 0.15) is 0 Å². The summed E-state index contributed by atoms with van der Waals surface area (Å²) in [7, 11) is 0. The lowest BCUT2D eigenvalue weighted by Crippen LogP contribution is -2.47. The Morgan fingerprint density at radius 2 is 2.06 bits per heavy atom. The van der Waals surface area contributed by atoms with Gasteiger partial charge in [0.25, 0.3) is 0 Å². The first-order chi connectivity index (χ1) is 7.56. The van der Waals surface area contributed by atoms with Gasteiger partial charge in [0, 0.05) is 13.0 Å². The number of amides is 1. The maximum absolute atomic E-state index is 12.1. The van der Waals surface area contributed by atoms with Crippen LogP contribution in [0.3, 0.4) is 0 Å². The molecule has 16 heavy (non-hydrogen) atoms. The van der Waals surface area contributed by atoms with Crippen molar-refractivity contribution in [2.75, 3.05) is 6.54 Å². The van der Waals surface area contributed by atoms with Crippen LogP contribution in [0.4, 0.5) is 0 Å². The molecule has 0 unspecified atom stereocenters. The molecule has 3 atom stereocenters. The van der Waals surface area contributed by atoms with E-state index in [0.29, 0.717) is 12.3 Å². The van der Waals surface area contributed by atoms with Crippen LogP contribution in [0, 0.1) is 5.92 Å². The Labute approximate surface area is 98.8 Å². The molecular formula is C13H25NO2. The fourth-order valence-corrected chi connectivity index (χ4v) is 2.31. The van der Waals surface area contributed by atoms with Crippen molar-refractivity contribution in [3.8, 4) is 0 Å². The normalized spacial score (nSPS) is 32.4. The highest BCUT2D eigenvalue weighted by Gasteiger charge is 2.29. The number of nitrogens with zero attached hydrogens (tertiary/aromatic N) is 1. The van der Waals surface area contributed by atoms with Crippen molar-refractivity contribution < 1.29 is 9.90 Å². The summed E-state index contributed by atoms with van der Waals surface area (Å²) in [4.78, 5) is 13.9. The van der Waals surface area contributed by atoms with E-state index >= 15 is 0 Å². The number of unbranched alkanes of at least 4 members (excludes halogenated alkanes) is 1. The Bertz CT molecular complexity index is 230. The third-order valence-electron chi connectivity index (χ3n) is 3.60. The highest BCUT2D eigenvalue weighted by molar-refractivity contribution is 5.76. The van der Waals surface area contributed by atoms with Crippen LogP contribution in [0.2, 0.25) is 0 Å². The lowest BCUT2D eigenvalue weighted by Gasteiger charge is -2.35. The van der Waals surface area contributed by atoms with Crippen molar-refractivity contribution in [2.24, 2.45) is 5.92 Å². The van der Waals surface area contributed by atoms with Gasteiger partial charge in [-0.15, -0.1) is 0 Å². The molecule has 0 spiro atoms. The van der Waals surface area contributed by atoms with Crippen LogP contribution < -0.4 is 0 Å². The van der Waals surface area contributed by atoms with Gasteiger partial charge < -0.3 is 10.0 Å². The number of carbonyl (C=O) groups is 1. The fraction of sp³-hybridized carbons (Fsp3) is 0.923. The predicted molar refractivity (Wildman–Crippen MR) is 65.1 cm³/mol. The Morgan fingerprint density at radius 1 is 1.38 bits per heavy atom. The van der Waals surface area contributed by atoms with Gasteiger partial charge in [0.05, 0.1) is 12.1 Å². The zero-order chi connectivity index (χ0) is 12.1. The number of aliphatic hydroxyl groups excluding tert-OH is 1. The number of hydrogen-bond acceptors (Lipinski definition) is 2. The smallest absolute Gasteiger partial charge is 0.223 e. The summed E-state index contributed by atoms with van der Waals surface area (Å²) in [6, 6.07) is -0.0217. The lowest BCUT2D eigenvalue weighted by molar-refractivity contribution is -0.138. The van der Waals surface area contributed by atoms with Gasteiger partial charge in [-0.2, -0.15) is 0 Å². The predicted octanol–water partition coefficient (Wildman–Crippen LogP) is 2.18. The summed E-state index contributed by atoms with van der Waals surface area (Å²) < 4.78 is 0. The highest BCUT2D eigenvalue weighted by Crippen LogP contribution is 2.22. The van der Waals surface area contributed by atoms with E-state index in [4.69, 9.17) is 0 Å². The first-order valence-electron chi connectivity index (χ1n) is 6.53. The van der Waals surface area contributed by atoms with Crippen LogP contribution >= 0.6 is 0 Å². The van der Waals surface area contributed by atoms with Gasteiger partial charge in [-0.25, -0.2) is 0 Å². The molecule has 0 radical (unpaired) electrons. The Hall–Kier alpha value is -0.570. The van der Waals surface area contributed by atoms with Crippen molar-refractivity contribution in [1.82, 2.24) is 4.90 Å². The number of hydrogen-bond donors (Lipinski definition) is 1. The van der Waals surface area contributed by atoms with Crippen molar-refractivity contribution in [1.29, 1.82) is 0 Å². The molecule has 1 N–H and O–H groups in total. The molecule has 0 saturated carbocycles. The molecule has 1 amide bonds. The van der Waals surface area contributed by atoms with E-state index in [1.807, 2.05) is 11.8 Å². The minimum absolute atomic E-state index is 0.0217. The molecule has 3 nitrogen and oxygen atoms in total. The SMILES string of the molecule is CCCCN1C(=O)C[C@H](C)CC[C@@H](O)[C@@H]1C. The first kappa shape index (κ1) is 13.5. The average molecular weight is 227 g/mol. The molecule has 0 aromatic rings. The molecule has 1 aliphatic rings. The molecule has 1 fully saturated rings. The molecule has 3 heteroatoms. The Kier molecular flexibility index (Phi) is 5.26. The molecule has 1 aliphatic heterocycles. The van der Waals surface area contributed by atoms with E-state index in [1.54, 1.807) is 0 Å². The molecule has 0 aromatic carbocycles. The van der Waals surface area contributed by atoms with Crippen LogP contribution in [-0.4, -0.2) is 34.6 Å². The zero-order valence-corrected chi connectivity index (χ0v) is 10.8. The third-order valence-corrected chi connectivity index (χ3v) is 3.60. The van der Waals surface area contributed by atoms with Crippen molar-refractivity contribution in [2.45, 2.75) is 65.0 Å². The van der Waals surface area contributed by atoms with Crippen molar-refractivity contribution in [3.63, 3.8) is 0 Å². The molecule has 0 aliphatic carbocycles. The zero-order valence-electron chi connectivity index (χ0n) is 10.8. The Morgan fingerprint density at radius 3 is 2.69 bits per heavy atom. The van der Waals surface area contributed by atoms with Crippen LogP contribution in [0.1, 0.15) is 52.9 Å². The molecule has 1 rings (SSSR count). The molecular weight excluding hydrogens is 202 g/mol. The van der Waals surface area contributed by atoms with Crippen LogP contribution in [0.25, 0.3) is 0 Å². The van der Waals surface area contributed by atoms with Gasteiger partial charge in [-0.1, -0.05) is 20.3 Å². The monoisotopic (exact) mass is 227 g/mol. The van der Waals surface area contributed by atoms with Crippen molar-refractivity contribution in [3.05, 3.63) is 0 Å². The van der Waals surface area contributed by atoms with Gasteiger partial charge in [0.15, 0.2) is 0 Å². The van der Waals surface area contributed by atoms with Gasteiger partial charge in [-0.3, -0.25) is 4.79 Å². The molecule has 1 saturated heterocycles. The topological polar surface area (TPSA) is 40.5 Å². The third kappa shape index (κ3) is 3.48. The maximum atomic E-state index is 12.1. The molecule has 0 bridgehead atoms. The van der Waals surface area contributed by atoms with Crippen LogP contribution in [0.15, 0.2) is 0 Å². The maximum Gasteiger partial charge on any atom is 0.223 e. The average Bonchev–Trinajstić information content (AvgIpc) is 2.25. The van der Waals surface area contributed by atoms with Gasteiger partial charge in [0.2, 0.25) is 5.91 Å². The fourth-order valence-electron chi connectivity index (χ4n) is 2.31. The van der Waals surface area contributed by atoms with Gasteiger partial charge in [-0.05, 0) is 32.1 Å². The first-order valence-corrected chi connectivity index (χ1v) is 6.53. The number of likely N-dealkylation sites (tertiary alicyclic amines) is 1. The van der Waals surface area contributed by atoms with Crippen LogP contribution in [0.5, 0.6) is 0 Å². The summed E-state index contributed by atoms with van der Waals surface area (Å²) in [5.74, 6) is 0.617. The van der Waals surface area contributed by atoms with Crippen molar-refractivity contribution >= 4 is 5.91 Å². The quantitative estimate of drug-likeness (QED) is 0.803. The standard InChI is InChI=1S/C13H25NO2/c1-4-5-8-14-11(3)12(15)7-6-10(2)9-13(14)16/h10-12,15H,4-9H2,1-3H3/t10-,11+,12-/m1/s1. The summed E-state index contributed by atoms with van der Waals surface area (Å²) in [5.41, 5.74) is 0. The summed E-state index contributed by atoms with van der Waals surface area (Å²) in [5, 5.41) is 9.99. The van der Waals surface area contributed by atoms with E-state index in [2.05, 4.69) is 13.8 Å². The van der Waals surface area contributed by atoms with Crippen LogP contribution in [-0.2, 0) is 4.79 Å². The van der Waals surface area contributed by atoms with E-state index in [1.165, 1.54) is 0 Å². The minimum atomic E-state index is -0.358. The minimum Gasteiger partial charge on any atom is -0.391 e. The van der Waals surface area contributed by atoms with E-state index in [9.17, 15) is 9.90 Å². The van der Waals surface area contributed by atoms with Gasteiger partial charge >= 0.3 is 0 Å². The second-order valence-corrected chi connectivity index (χ2v) is 5.14. The molecule has 94 valence electrons. The van der Waals surface area contributed by atoms with E-state index in [0.717, 1.165) is 32.2 Å². The molecule has 0 aromatic heterocycles. The highest BCUT2D eigenvalue weighted by atomic mass is 16.3. The second kappa shape index (κ2) is 6.24. The number of rotatable bonds is 3. The largest absolute Gasteiger partial charge is 0.391 e. The number of carbonyl (C=O) groups excluding carboxylic acids is 1. The Balaban J connectivity index is 2.68. The summed E-state index contributed by atoms with van der Waals surface area (Å²) >= 11 is 0. The summed E-state index contributed by atoms with van der Waals surface area (Å²) in [6.45, 7) is 6.98. The van der Waals surface area contributed by atoms with E-state index in [-0.39, 0.29) is 18.1 Å². The van der Waals surface area contributed by atoms with E-state index < -0.39 is 0 Å². The number of aliphatic hydroxyl groups is 1. The molecule has 1 heterocycles. The summed E-state index contributed by atoms with van der Waals surface area (Å²) in [6.07, 6.45) is 4.17. The second-order valence-electron chi connectivity index (χ2n) is 5.14.